The number of H-pyrrole nitrogens is 1. The third kappa shape index (κ3) is 3.97. The zero-order valence-corrected chi connectivity index (χ0v) is 14.6. The van der Waals surface area contributed by atoms with Gasteiger partial charge < -0.3 is 4.98 Å². The van der Waals surface area contributed by atoms with Crippen molar-refractivity contribution in [2.24, 2.45) is 0 Å². The third-order valence-electron chi connectivity index (χ3n) is 3.65. The molecular weight excluding hydrogens is 355 g/mol. The fourth-order valence-corrected chi connectivity index (χ4v) is 3.69. The molecule has 3 rings (SSSR count). The average Bonchev–Trinajstić information content (AvgIpc) is 3.13. The summed E-state index contributed by atoms with van der Waals surface area (Å²) in [5.41, 5.74) is 2.07. The van der Waals surface area contributed by atoms with Crippen LogP contribution in [0.2, 0.25) is 0 Å². The van der Waals surface area contributed by atoms with Gasteiger partial charge in [0.15, 0.2) is 10.9 Å². The Labute approximate surface area is 147 Å². The number of nitrogens with one attached hydrogen (secondary N) is 1. The van der Waals surface area contributed by atoms with Gasteiger partial charge in [-0.05, 0) is 18.9 Å². The summed E-state index contributed by atoms with van der Waals surface area (Å²) in [7, 11) is 0. The molecule has 0 radical (unpaired) electrons. The second-order valence-corrected chi connectivity index (χ2v) is 8.05. The van der Waals surface area contributed by atoms with E-state index in [-0.39, 0.29) is 23.0 Å². The van der Waals surface area contributed by atoms with Crippen LogP contribution in [0.15, 0.2) is 40.3 Å². The van der Waals surface area contributed by atoms with Crippen LogP contribution in [0, 0.1) is 6.92 Å². The van der Waals surface area contributed by atoms with Gasteiger partial charge in [0.05, 0.1) is 5.75 Å². The van der Waals surface area contributed by atoms with E-state index in [1.807, 2.05) is 12.1 Å². The summed E-state index contributed by atoms with van der Waals surface area (Å²) >= 11 is 13.3. The summed E-state index contributed by atoms with van der Waals surface area (Å²) in [6.07, 6.45) is 0.742. The SMILES string of the molecule is Cc1cc(=O)[nH]c(SCC(=O)c2ccc(C3CC3(Cl)Cl)cc2)n1. The molecule has 1 atom stereocenters. The number of Topliss-reactive ketones (excluding diaryl/α,β-unsaturated/α-hetero) is 1. The fraction of sp³-hybridized carbons (Fsp3) is 0.312. The van der Waals surface area contributed by atoms with Gasteiger partial charge in [0.1, 0.15) is 4.33 Å². The zero-order chi connectivity index (χ0) is 16.6. The third-order valence-corrected chi connectivity index (χ3v) is 5.36. The largest absolute Gasteiger partial charge is 0.301 e. The van der Waals surface area contributed by atoms with Crippen LogP contribution in [-0.2, 0) is 0 Å². The van der Waals surface area contributed by atoms with Crippen molar-refractivity contribution in [3.63, 3.8) is 0 Å². The maximum atomic E-state index is 12.2. The number of carbonyl (C=O) groups excluding carboxylic acids is 1. The topological polar surface area (TPSA) is 62.8 Å². The number of hydrogen-bond donors (Lipinski definition) is 1. The van der Waals surface area contributed by atoms with Crippen molar-refractivity contribution in [2.45, 2.75) is 28.8 Å². The quantitative estimate of drug-likeness (QED) is 0.378. The Morgan fingerprint density at radius 2 is 2.04 bits per heavy atom. The van der Waals surface area contributed by atoms with Crippen molar-refractivity contribution in [1.29, 1.82) is 0 Å². The Bertz CT molecular complexity index is 802. The molecular formula is C16H14Cl2N2O2S. The van der Waals surface area contributed by atoms with Gasteiger partial charge in [-0.3, -0.25) is 9.59 Å². The van der Waals surface area contributed by atoms with Gasteiger partial charge in [0, 0.05) is 23.2 Å². The summed E-state index contributed by atoms with van der Waals surface area (Å²) < 4.78 is -0.663. The predicted octanol–water partition coefficient (Wildman–Crippen LogP) is 3.71. The van der Waals surface area contributed by atoms with Gasteiger partial charge in [-0.15, -0.1) is 23.2 Å². The minimum atomic E-state index is -0.663. The minimum absolute atomic E-state index is 0.0236. The lowest BCUT2D eigenvalue weighted by Gasteiger charge is -2.04. The maximum absolute atomic E-state index is 12.2. The molecule has 1 N–H and O–H groups in total. The minimum Gasteiger partial charge on any atom is -0.301 e. The highest BCUT2D eigenvalue weighted by atomic mass is 35.5. The molecule has 1 aliphatic rings. The van der Waals surface area contributed by atoms with Crippen LogP contribution < -0.4 is 5.56 Å². The molecule has 4 nitrogen and oxygen atoms in total. The number of halogens is 2. The first kappa shape index (κ1) is 16.6. The van der Waals surface area contributed by atoms with E-state index < -0.39 is 4.33 Å². The molecule has 23 heavy (non-hydrogen) atoms. The molecule has 1 aromatic heterocycles. The molecule has 1 unspecified atom stereocenters. The van der Waals surface area contributed by atoms with Gasteiger partial charge in [-0.2, -0.15) is 0 Å². The van der Waals surface area contributed by atoms with E-state index in [0.29, 0.717) is 16.4 Å². The number of aryl methyl sites for hydroxylation is 1. The summed E-state index contributed by atoms with van der Waals surface area (Å²) in [4.78, 5) is 30.4. The molecule has 0 amide bonds. The summed E-state index contributed by atoms with van der Waals surface area (Å²) in [6.45, 7) is 1.74. The molecule has 0 bridgehead atoms. The number of carbonyl (C=O) groups is 1. The predicted molar refractivity (Wildman–Crippen MR) is 92.9 cm³/mol. The first-order valence-electron chi connectivity index (χ1n) is 7.07. The Morgan fingerprint density at radius 1 is 1.39 bits per heavy atom. The van der Waals surface area contributed by atoms with Crippen LogP contribution in [0.1, 0.15) is 34.0 Å². The van der Waals surface area contributed by atoms with Crippen LogP contribution in [-0.4, -0.2) is 25.8 Å². The number of rotatable bonds is 5. The van der Waals surface area contributed by atoms with Crippen molar-refractivity contribution in [3.8, 4) is 0 Å². The number of ketones is 1. The molecule has 1 saturated carbocycles. The van der Waals surface area contributed by atoms with Crippen molar-refractivity contribution in [1.82, 2.24) is 9.97 Å². The second-order valence-electron chi connectivity index (χ2n) is 5.54. The number of aromatic amines is 1. The highest BCUT2D eigenvalue weighted by molar-refractivity contribution is 7.99. The molecule has 1 aromatic carbocycles. The smallest absolute Gasteiger partial charge is 0.251 e. The standard InChI is InChI=1S/C16H14Cl2N2O2S/c1-9-6-14(22)20-15(19-9)23-8-13(21)11-4-2-10(3-5-11)12-7-16(12,17)18/h2-6,12H,7-8H2,1H3,(H,19,20,22). The number of alkyl halides is 2. The van der Waals surface area contributed by atoms with E-state index in [1.165, 1.54) is 17.8 Å². The van der Waals surface area contributed by atoms with E-state index in [2.05, 4.69) is 9.97 Å². The van der Waals surface area contributed by atoms with E-state index >= 15 is 0 Å². The Morgan fingerprint density at radius 3 is 2.61 bits per heavy atom. The molecule has 0 saturated heterocycles. The van der Waals surface area contributed by atoms with Gasteiger partial charge >= 0.3 is 0 Å². The fourth-order valence-electron chi connectivity index (χ4n) is 2.31. The van der Waals surface area contributed by atoms with E-state index in [1.54, 1.807) is 19.1 Å². The molecule has 0 spiro atoms. The number of aromatic nitrogens is 2. The molecule has 120 valence electrons. The van der Waals surface area contributed by atoms with Crippen LogP contribution in [0.25, 0.3) is 0 Å². The summed E-state index contributed by atoms with van der Waals surface area (Å²) in [6, 6.07) is 8.76. The van der Waals surface area contributed by atoms with Crippen molar-refractivity contribution < 1.29 is 4.79 Å². The lowest BCUT2D eigenvalue weighted by Crippen LogP contribution is -2.10. The van der Waals surface area contributed by atoms with E-state index in [9.17, 15) is 9.59 Å². The van der Waals surface area contributed by atoms with E-state index in [0.717, 1.165) is 12.0 Å². The normalized spacial score (nSPS) is 18.7. The molecule has 0 aliphatic heterocycles. The van der Waals surface area contributed by atoms with Crippen LogP contribution in [0.5, 0.6) is 0 Å². The van der Waals surface area contributed by atoms with Gasteiger partial charge in [-0.25, -0.2) is 4.98 Å². The Hall–Kier alpha value is -1.30. The summed E-state index contributed by atoms with van der Waals surface area (Å²) in [5, 5.41) is 0.451. The first-order valence-corrected chi connectivity index (χ1v) is 8.81. The van der Waals surface area contributed by atoms with Gasteiger partial charge in [0.25, 0.3) is 5.56 Å². The number of benzene rings is 1. The van der Waals surface area contributed by atoms with Crippen LogP contribution >= 0.6 is 35.0 Å². The van der Waals surface area contributed by atoms with Crippen LogP contribution in [0.3, 0.4) is 0 Å². The highest BCUT2D eigenvalue weighted by Gasteiger charge is 2.52. The first-order chi connectivity index (χ1) is 10.8. The van der Waals surface area contributed by atoms with Crippen molar-refractivity contribution >= 4 is 40.7 Å². The van der Waals surface area contributed by atoms with Crippen molar-refractivity contribution in [3.05, 3.63) is 57.5 Å². The Kier molecular flexibility index (Phi) is 4.54. The lowest BCUT2D eigenvalue weighted by atomic mass is 10.1. The molecule has 2 aromatic rings. The lowest BCUT2D eigenvalue weighted by molar-refractivity contribution is 0.102. The van der Waals surface area contributed by atoms with E-state index in [4.69, 9.17) is 23.2 Å². The van der Waals surface area contributed by atoms with Crippen molar-refractivity contribution in [2.75, 3.05) is 5.75 Å². The molecule has 1 heterocycles. The zero-order valence-electron chi connectivity index (χ0n) is 12.3. The number of nitrogens with zero attached hydrogens (tertiary/aromatic N) is 1. The number of hydrogen-bond acceptors (Lipinski definition) is 4. The monoisotopic (exact) mass is 368 g/mol. The second kappa shape index (κ2) is 6.30. The van der Waals surface area contributed by atoms with Crippen LogP contribution in [0.4, 0.5) is 0 Å². The van der Waals surface area contributed by atoms with Gasteiger partial charge in [-0.1, -0.05) is 36.0 Å². The average molecular weight is 369 g/mol. The molecule has 1 aliphatic carbocycles. The Balaban J connectivity index is 1.63. The number of thioether (sulfide) groups is 1. The maximum Gasteiger partial charge on any atom is 0.251 e. The van der Waals surface area contributed by atoms with Gasteiger partial charge in [0.2, 0.25) is 0 Å². The molecule has 1 fully saturated rings. The summed E-state index contributed by atoms with van der Waals surface area (Å²) in [5.74, 6) is 0.333. The highest BCUT2D eigenvalue weighted by Crippen LogP contribution is 2.59. The molecule has 7 heteroatoms.